The lowest BCUT2D eigenvalue weighted by Gasteiger charge is -2.36. The van der Waals surface area contributed by atoms with Crippen molar-refractivity contribution in [2.75, 3.05) is 0 Å². The fourth-order valence-electron chi connectivity index (χ4n) is 2.83. The van der Waals surface area contributed by atoms with Gasteiger partial charge in [-0.3, -0.25) is 10.1 Å². The van der Waals surface area contributed by atoms with Crippen LogP contribution in [0, 0.1) is 10.1 Å². The van der Waals surface area contributed by atoms with Crippen LogP contribution in [0.4, 0.5) is 5.69 Å². The summed E-state index contributed by atoms with van der Waals surface area (Å²) < 4.78 is 54.4. The van der Waals surface area contributed by atoms with E-state index in [4.69, 9.17) is 0 Å². The highest BCUT2D eigenvalue weighted by molar-refractivity contribution is 7.94. The van der Waals surface area contributed by atoms with E-state index in [2.05, 4.69) is 4.40 Å². The number of nitrogens with zero attached hydrogens (tertiary/aromatic N) is 2. The van der Waals surface area contributed by atoms with E-state index in [9.17, 15) is 31.7 Å². The van der Waals surface area contributed by atoms with E-state index in [1.54, 1.807) is 0 Å². The molecule has 0 aliphatic heterocycles. The molecule has 0 saturated heterocycles. The molecule has 0 atom stereocenters. The summed E-state index contributed by atoms with van der Waals surface area (Å²) in [4.78, 5) is 18.2. The highest BCUT2D eigenvalue weighted by Crippen LogP contribution is 2.38. The third-order valence-electron chi connectivity index (χ3n) is 4.01. The lowest BCUT2D eigenvalue weighted by atomic mass is 9.95. The number of sulfone groups is 1. The van der Waals surface area contributed by atoms with E-state index in [-0.39, 0.29) is 23.4 Å². The number of hydrogen-bond acceptors (Lipinski definition) is 7. The molecule has 12 heteroatoms. The fraction of sp³-hybridized carbons (Fsp3) is 0.462. The van der Waals surface area contributed by atoms with Gasteiger partial charge in [0.25, 0.3) is 11.8 Å². The fourth-order valence-corrected chi connectivity index (χ4v) is 6.17. The second kappa shape index (κ2) is 7.00. The van der Waals surface area contributed by atoms with Gasteiger partial charge in [0.15, 0.2) is 9.84 Å². The Labute approximate surface area is 144 Å². The molecule has 1 N–H and O–H groups in total. The third-order valence-corrected chi connectivity index (χ3v) is 7.53. The van der Waals surface area contributed by atoms with Gasteiger partial charge in [-0.05, 0) is 25.0 Å². The Balaban J connectivity index is 2.52. The molecule has 1 aliphatic carbocycles. The zero-order chi connectivity index (χ0) is 18.7. The first-order valence-corrected chi connectivity index (χ1v) is 10.2. The third kappa shape index (κ3) is 3.93. The second-order valence-corrected chi connectivity index (χ2v) is 9.17. The minimum atomic E-state index is -4.54. The van der Waals surface area contributed by atoms with E-state index in [1.807, 2.05) is 4.72 Å². The molecule has 0 bridgehead atoms. The molecule has 0 radical (unpaired) electrons. The molecule has 2 rings (SSSR count). The molecular formula is C13H15N3O7S2. The lowest BCUT2D eigenvalue weighted by molar-refractivity contribution is -0.384. The first-order chi connectivity index (χ1) is 11.6. The number of rotatable bonds is 6. The standard InChI is InChI=1S/C13H15N3O7S2/c17-10-14-25(22,23)15-13(8-2-1-3-9-13)24(20,21)12-6-4-11(5-7-12)16(18)19/h4-7,15H,1-3,8-9H2. The largest absolute Gasteiger partial charge is 0.331 e. The first kappa shape index (κ1) is 19.2. The first-order valence-electron chi connectivity index (χ1n) is 7.26. The van der Waals surface area contributed by atoms with Crippen LogP contribution in [-0.4, -0.2) is 32.7 Å². The van der Waals surface area contributed by atoms with Crippen LogP contribution in [0.2, 0.25) is 0 Å². The van der Waals surface area contributed by atoms with Crippen molar-refractivity contribution in [3.05, 3.63) is 34.4 Å². The normalized spacial score (nSPS) is 17.4. The zero-order valence-electron chi connectivity index (χ0n) is 12.9. The summed E-state index contributed by atoms with van der Waals surface area (Å²) in [6.45, 7) is 0. The van der Waals surface area contributed by atoms with Gasteiger partial charge in [-0.2, -0.15) is 13.1 Å². The van der Waals surface area contributed by atoms with Crippen LogP contribution in [-0.2, 0) is 24.8 Å². The highest BCUT2D eigenvalue weighted by atomic mass is 32.2. The predicted octanol–water partition coefficient (Wildman–Crippen LogP) is 1.20. The maximum Gasteiger partial charge on any atom is 0.331 e. The minimum Gasteiger partial charge on any atom is -0.258 e. The second-order valence-electron chi connectivity index (χ2n) is 5.57. The van der Waals surface area contributed by atoms with Crippen LogP contribution in [0.1, 0.15) is 32.1 Å². The molecule has 25 heavy (non-hydrogen) atoms. The van der Waals surface area contributed by atoms with Crippen LogP contribution >= 0.6 is 0 Å². The molecule has 0 unspecified atom stereocenters. The summed E-state index contributed by atoms with van der Waals surface area (Å²) in [6.07, 6.45) is 2.53. The zero-order valence-corrected chi connectivity index (χ0v) is 14.5. The summed E-state index contributed by atoms with van der Waals surface area (Å²) in [5.74, 6) is 0. The molecule has 0 amide bonds. The summed E-state index contributed by atoms with van der Waals surface area (Å²) in [5, 5.41) is 10.7. The van der Waals surface area contributed by atoms with Gasteiger partial charge in [-0.25, -0.2) is 13.2 Å². The van der Waals surface area contributed by atoms with Crippen LogP contribution in [0.15, 0.2) is 33.6 Å². The monoisotopic (exact) mass is 389 g/mol. The molecule has 0 heterocycles. The van der Waals surface area contributed by atoms with Crippen molar-refractivity contribution in [1.82, 2.24) is 4.72 Å². The van der Waals surface area contributed by atoms with Crippen molar-refractivity contribution in [2.24, 2.45) is 4.40 Å². The average Bonchev–Trinajstić information content (AvgIpc) is 2.55. The van der Waals surface area contributed by atoms with E-state index in [0.29, 0.717) is 12.8 Å². The molecule has 0 spiro atoms. The van der Waals surface area contributed by atoms with Crippen molar-refractivity contribution in [2.45, 2.75) is 41.9 Å². The van der Waals surface area contributed by atoms with Crippen molar-refractivity contribution in [3.63, 3.8) is 0 Å². The Morgan fingerprint density at radius 2 is 1.64 bits per heavy atom. The number of nitro groups is 1. The van der Waals surface area contributed by atoms with Gasteiger partial charge in [0.05, 0.1) is 9.82 Å². The molecule has 10 nitrogen and oxygen atoms in total. The van der Waals surface area contributed by atoms with Crippen LogP contribution < -0.4 is 4.72 Å². The van der Waals surface area contributed by atoms with Crippen LogP contribution in [0.25, 0.3) is 0 Å². The summed E-state index contributed by atoms with van der Waals surface area (Å²) in [7, 11) is -8.76. The van der Waals surface area contributed by atoms with Gasteiger partial charge in [-0.15, -0.1) is 0 Å². The van der Waals surface area contributed by atoms with Crippen molar-refractivity contribution in [1.29, 1.82) is 0 Å². The molecule has 1 fully saturated rings. The summed E-state index contributed by atoms with van der Waals surface area (Å²) in [6, 6.07) is 4.17. The quantitative estimate of drug-likeness (QED) is 0.332. The van der Waals surface area contributed by atoms with E-state index in [0.717, 1.165) is 36.8 Å². The van der Waals surface area contributed by atoms with Gasteiger partial charge < -0.3 is 0 Å². The number of nitrogens with one attached hydrogen (secondary N) is 1. The minimum absolute atomic E-state index is 0.0000714. The predicted molar refractivity (Wildman–Crippen MR) is 86.3 cm³/mol. The topological polar surface area (TPSA) is 153 Å². The molecule has 1 aromatic rings. The van der Waals surface area contributed by atoms with Crippen molar-refractivity contribution >= 4 is 31.8 Å². The molecular weight excluding hydrogens is 374 g/mol. The number of isocyanates is 1. The molecule has 1 aromatic carbocycles. The Morgan fingerprint density at radius 3 is 2.12 bits per heavy atom. The number of carbonyl (C=O) groups excluding carboxylic acids is 1. The van der Waals surface area contributed by atoms with E-state index < -0.39 is 29.8 Å². The maximum atomic E-state index is 13.0. The molecule has 0 aromatic heterocycles. The number of nitro benzene ring substituents is 1. The Hall–Kier alpha value is -2.14. The smallest absolute Gasteiger partial charge is 0.258 e. The van der Waals surface area contributed by atoms with E-state index in [1.165, 1.54) is 0 Å². The number of benzene rings is 1. The van der Waals surface area contributed by atoms with Crippen LogP contribution in [0.5, 0.6) is 0 Å². The SMILES string of the molecule is O=C=NS(=O)(=O)NC1(S(=O)(=O)c2ccc([N+](=O)[O-])cc2)CCCCC1. The summed E-state index contributed by atoms with van der Waals surface area (Å²) in [5.41, 5.74) is -0.289. The number of non-ortho nitro benzene ring substituents is 1. The van der Waals surface area contributed by atoms with Gasteiger partial charge in [-0.1, -0.05) is 23.7 Å². The highest BCUT2D eigenvalue weighted by Gasteiger charge is 2.48. The average molecular weight is 389 g/mol. The van der Waals surface area contributed by atoms with Gasteiger partial charge in [0, 0.05) is 12.1 Å². The maximum absolute atomic E-state index is 13.0. The van der Waals surface area contributed by atoms with Crippen molar-refractivity contribution in [3.8, 4) is 0 Å². The van der Waals surface area contributed by atoms with Gasteiger partial charge in [0.1, 0.15) is 4.87 Å². The Kier molecular flexibility index (Phi) is 5.37. The molecule has 1 aliphatic rings. The summed E-state index contributed by atoms with van der Waals surface area (Å²) >= 11 is 0. The molecule has 136 valence electrons. The van der Waals surface area contributed by atoms with Crippen LogP contribution in [0.3, 0.4) is 0 Å². The van der Waals surface area contributed by atoms with Crippen molar-refractivity contribution < 1.29 is 26.6 Å². The molecule has 1 saturated carbocycles. The lowest BCUT2D eigenvalue weighted by Crippen LogP contribution is -2.54. The number of hydrogen-bond donors (Lipinski definition) is 1. The van der Waals surface area contributed by atoms with Gasteiger partial charge >= 0.3 is 10.2 Å². The van der Waals surface area contributed by atoms with E-state index >= 15 is 0 Å². The Bertz CT molecular complexity index is 911. The van der Waals surface area contributed by atoms with Gasteiger partial charge in [0.2, 0.25) is 0 Å². The Morgan fingerprint density at radius 1 is 1.08 bits per heavy atom.